The number of alkyl halides is 1. The Balaban J connectivity index is 3.84. The molecule has 0 rings (SSSR count). The summed E-state index contributed by atoms with van der Waals surface area (Å²) in [5.41, 5.74) is 0.219. The van der Waals surface area contributed by atoms with Crippen LogP contribution >= 0.6 is 11.6 Å². The third-order valence-corrected chi connectivity index (χ3v) is 1.51. The monoisotopic (exact) mass is 158 g/mol. The van der Waals surface area contributed by atoms with Crippen LogP contribution in [-0.2, 0) is 0 Å². The highest BCUT2D eigenvalue weighted by Gasteiger charge is 2.09. The van der Waals surface area contributed by atoms with Gasteiger partial charge < -0.3 is 0 Å². The van der Waals surface area contributed by atoms with Crippen molar-refractivity contribution in [2.75, 3.05) is 5.88 Å². The highest BCUT2D eigenvalue weighted by molar-refractivity contribution is 6.18. The van der Waals surface area contributed by atoms with E-state index in [9.17, 15) is 0 Å². The molecule has 0 N–H and O–H groups in total. The van der Waals surface area contributed by atoms with Gasteiger partial charge in [-0.15, -0.1) is 18.2 Å². The Kier molecular flexibility index (Phi) is 4.46. The van der Waals surface area contributed by atoms with Gasteiger partial charge >= 0.3 is 0 Å². The fourth-order valence-electron chi connectivity index (χ4n) is 0.804. The molecule has 0 heterocycles. The van der Waals surface area contributed by atoms with Gasteiger partial charge in [-0.2, -0.15) is 0 Å². The summed E-state index contributed by atoms with van der Waals surface area (Å²) in [6.07, 6.45) is 7.03. The third-order valence-electron chi connectivity index (χ3n) is 1.33. The topological polar surface area (TPSA) is 0 Å². The molecule has 0 aromatic carbocycles. The van der Waals surface area contributed by atoms with Crippen molar-refractivity contribution in [1.29, 1.82) is 0 Å². The predicted octanol–water partition coefficient (Wildman–Crippen LogP) is 3.38. The number of hydrogen-bond donors (Lipinski definition) is 0. The largest absolute Gasteiger partial charge is 0.122 e. The van der Waals surface area contributed by atoms with E-state index in [1.165, 1.54) is 0 Å². The molecule has 0 nitrogen and oxygen atoms in total. The summed E-state index contributed by atoms with van der Waals surface area (Å²) in [6.45, 7) is 8.02. The van der Waals surface area contributed by atoms with Crippen LogP contribution in [0.15, 0.2) is 24.8 Å². The maximum Gasteiger partial charge on any atom is 0.0404 e. The van der Waals surface area contributed by atoms with Gasteiger partial charge in [0.15, 0.2) is 0 Å². The van der Waals surface area contributed by atoms with Crippen LogP contribution in [0.3, 0.4) is 0 Å². The van der Waals surface area contributed by atoms with Crippen molar-refractivity contribution in [2.45, 2.75) is 20.3 Å². The van der Waals surface area contributed by atoms with Crippen molar-refractivity contribution in [2.24, 2.45) is 5.41 Å². The van der Waals surface area contributed by atoms with Crippen LogP contribution in [0, 0.1) is 5.41 Å². The van der Waals surface area contributed by atoms with Crippen molar-refractivity contribution < 1.29 is 0 Å². The lowest BCUT2D eigenvalue weighted by molar-refractivity contribution is 0.489. The Hall–Kier alpha value is -0.230. The van der Waals surface area contributed by atoms with E-state index < -0.39 is 0 Å². The Morgan fingerprint density at radius 2 is 2.10 bits per heavy atom. The van der Waals surface area contributed by atoms with Crippen LogP contribution in [0.4, 0.5) is 0 Å². The quantitative estimate of drug-likeness (QED) is 0.435. The molecule has 0 atom stereocenters. The zero-order chi connectivity index (χ0) is 8.04. The normalized spacial score (nSPS) is 12.3. The molecular formula is C9H15Cl. The number of rotatable bonds is 4. The van der Waals surface area contributed by atoms with Crippen LogP contribution in [0.5, 0.6) is 0 Å². The van der Waals surface area contributed by atoms with E-state index in [1.54, 1.807) is 0 Å². The summed E-state index contributed by atoms with van der Waals surface area (Å²) in [4.78, 5) is 0. The first-order valence-corrected chi connectivity index (χ1v) is 4.00. The minimum absolute atomic E-state index is 0.219. The minimum atomic E-state index is 0.219. The van der Waals surface area contributed by atoms with Gasteiger partial charge in [0.2, 0.25) is 0 Å². The molecule has 1 heteroatoms. The van der Waals surface area contributed by atoms with E-state index in [4.69, 9.17) is 11.6 Å². The second kappa shape index (κ2) is 4.56. The Labute approximate surface area is 68.6 Å². The predicted molar refractivity (Wildman–Crippen MR) is 48.5 cm³/mol. The smallest absolute Gasteiger partial charge is 0.0404 e. The first kappa shape index (κ1) is 9.77. The van der Waals surface area contributed by atoms with Crippen LogP contribution in [0.2, 0.25) is 0 Å². The van der Waals surface area contributed by atoms with Crippen molar-refractivity contribution in [3.63, 3.8) is 0 Å². The van der Waals surface area contributed by atoms with Crippen LogP contribution in [0.1, 0.15) is 20.3 Å². The van der Waals surface area contributed by atoms with Crippen LogP contribution in [0.25, 0.3) is 0 Å². The summed E-state index contributed by atoms with van der Waals surface area (Å²) in [6, 6.07) is 0. The summed E-state index contributed by atoms with van der Waals surface area (Å²) in [7, 11) is 0. The third kappa shape index (κ3) is 4.63. The van der Waals surface area contributed by atoms with Gasteiger partial charge in [-0.1, -0.05) is 32.1 Å². The molecule has 58 valence electrons. The van der Waals surface area contributed by atoms with Gasteiger partial charge in [-0.05, 0) is 11.8 Å². The highest BCUT2D eigenvalue weighted by Crippen LogP contribution is 2.21. The van der Waals surface area contributed by atoms with Crippen LogP contribution in [-0.4, -0.2) is 5.88 Å². The molecule has 10 heavy (non-hydrogen) atoms. The van der Waals surface area contributed by atoms with E-state index in [1.807, 2.05) is 12.2 Å². The van der Waals surface area contributed by atoms with Gasteiger partial charge in [0.1, 0.15) is 0 Å². The molecule has 0 aliphatic rings. The zero-order valence-corrected chi connectivity index (χ0v) is 7.49. The standard InChI is InChI=1S/C9H15Cl/c1-4-6-9(2,3)7-5-8-10/h4-5,7H,1,6,8H2,2-3H3/b7-5+. The first-order valence-electron chi connectivity index (χ1n) is 3.47. The molecule has 0 saturated carbocycles. The van der Waals surface area contributed by atoms with Gasteiger partial charge in [0.05, 0.1) is 0 Å². The van der Waals surface area contributed by atoms with Gasteiger partial charge in [-0.3, -0.25) is 0 Å². The van der Waals surface area contributed by atoms with Crippen molar-refractivity contribution in [3.05, 3.63) is 24.8 Å². The lowest BCUT2D eigenvalue weighted by Gasteiger charge is -2.16. The van der Waals surface area contributed by atoms with Crippen molar-refractivity contribution in [1.82, 2.24) is 0 Å². The summed E-state index contributed by atoms with van der Waals surface area (Å²) >= 11 is 5.50. The summed E-state index contributed by atoms with van der Waals surface area (Å²) in [5.74, 6) is 0.598. The molecule has 0 saturated heterocycles. The molecule has 0 amide bonds. The van der Waals surface area contributed by atoms with E-state index in [0.717, 1.165) is 6.42 Å². The molecule has 0 radical (unpaired) electrons. The average Bonchev–Trinajstić information content (AvgIpc) is 1.84. The lowest BCUT2D eigenvalue weighted by Crippen LogP contribution is -2.04. The van der Waals surface area contributed by atoms with E-state index in [-0.39, 0.29) is 5.41 Å². The Bertz CT molecular complexity index is 123. The molecular weight excluding hydrogens is 144 g/mol. The van der Waals surface area contributed by atoms with E-state index in [2.05, 4.69) is 26.5 Å². The van der Waals surface area contributed by atoms with Crippen molar-refractivity contribution in [3.8, 4) is 0 Å². The van der Waals surface area contributed by atoms with Crippen LogP contribution < -0.4 is 0 Å². The van der Waals surface area contributed by atoms with E-state index >= 15 is 0 Å². The number of halogens is 1. The molecule has 0 aliphatic heterocycles. The lowest BCUT2D eigenvalue weighted by atomic mass is 9.89. The SMILES string of the molecule is C=CCC(C)(C)/C=C/CCl. The van der Waals surface area contributed by atoms with Gasteiger partial charge in [0.25, 0.3) is 0 Å². The molecule has 0 unspecified atom stereocenters. The zero-order valence-electron chi connectivity index (χ0n) is 6.73. The Morgan fingerprint density at radius 1 is 1.50 bits per heavy atom. The van der Waals surface area contributed by atoms with Gasteiger partial charge in [0, 0.05) is 5.88 Å². The van der Waals surface area contributed by atoms with Crippen molar-refractivity contribution >= 4 is 11.6 Å². The molecule has 0 aromatic heterocycles. The maximum absolute atomic E-state index is 5.50. The maximum atomic E-state index is 5.50. The molecule has 0 aliphatic carbocycles. The highest BCUT2D eigenvalue weighted by atomic mass is 35.5. The molecule has 0 aromatic rings. The fraction of sp³-hybridized carbons (Fsp3) is 0.556. The molecule has 0 fully saturated rings. The summed E-state index contributed by atoms with van der Waals surface area (Å²) in [5, 5.41) is 0. The molecule has 0 spiro atoms. The minimum Gasteiger partial charge on any atom is -0.122 e. The fourth-order valence-corrected chi connectivity index (χ4v) is 0.893. The molecule has 0 bridgehead atoms. The van der Waals surface area contributed by atoms with E-state index in [0.29, 0.717) is 5.88 Å². The summed E-state index contributed by atoms with van der Waals surface area (Å²) < 4.78 is 0. The van der Waals surface area contributed by atoms with Gasteiger partial charge in [-0.25, -0.2) is 0 Å². The average molecular weight is 159 g/mol. The number of hydrogen-bond acceptors (Lipinski definition) is 0. The second-order valence-electron chi connectivity index (χ2n) is 3.04. The number of allylic oxidation sites excluding steroid dienone is 3. The second-order valence-corrected chi connectivity index (χ2v) is 3.35. The first-order chi connectivity index (χ1) is 4.62. The Morgan fingerprint density at radius 3 is 2.50 bits per heavy atom.